The van der Waals surface area contributed by atoms with Gasteiger partial charge in [0.1, 0.15) is 11.1 Å². The predicted octanol–water partition coefficient (Wildman–Crippen LogP) is 4.23. The average Bonchev–Trinajstić information content (AvgIpc) is 2.71. The van der Waals surface area contributed by atoms with E-state index < -0.39 is 0 Å². The molecule has 1 aromatic heterocycles. The molecule has 0 saturated carbocycles. The Hall–Kier alpha value is -2.15. The van der Waals surface area contributed by atoms with Gasteiger partial charge in [0.15, 0.2) is 0 Å². The van der Waals surface area contributed by atoms with Gasteiger partial charge < -0.3 is 9.64 Å². The van der Waals surface area contributed by atoms with Gasteiger partial charge >= 0.3 is 0 Å². The highest BCUT2D eigenvalue weighted by atomic mass is 79.9. The van der Waals surface area contributed by atoms with Crippen LogP contribution in [0.25, 0.3) is 5.69 Å². The molecule has 138 valence electrons. The van der Waals surface area contributed by atoms with Crippen molar-refractivity contribution in [1.29, 1.82) is 0 Å². The summed E-state index contributed by atoms with van der Waals surface area (Å²) in [6.07, 6.45) is 1.57. The molecule has 0 N–H and O–H groups in total. The van der Waals surface area contributed by atoms with Crippen molar-refractivity contribution in [2.75, 3.05) is 24.6 Å². The minimum atomic E-state index is -0.327. The number of anilines is 1. The summed E-state index contributed by atoms with van der Waals surface area (Å²) < 4.78 is 8.26. The van der Waals surface area contributed by atoms with Crippen LogP contribution in [-0.2, 0) is 4.74 Å². The van der Waals surface area contributed by atoms with Gasteiger partial charge in [0.05, 0.1) is 24.2 Å². The summed E-state index contributed by atoms with van der Waals surface area (Å²) in [6, 6.07) is 17.3. The first-order chi connectivity index (χ1) is 13.1. The lowest BCUT2D eigenvalue weighted by Gasteiger charge is -2.34. The molecule has 1 unspecified atom stereocenters. The number of aromatic nitrogens is 2. The molecule has 3 aromatic rings. The minimum Gasteiger partial charge on any atom is -0.370 e. The second kappa shape index (κ2) is 7.84. The van der Waals surface area contributed by atoms with Crippen LogP contribution >= 0.6 is 27.5 Å². The van der Waals surface area contributed by atoms with Crippen molar-refractivity contribution in [3.63, 3.8) is 0 Å². The van der Waals surface area contributed by atoms with Crippen molar-refractivity contribution < 1.29 is 4.74 Å². The summed E-state index contributed by atoms with van der Waals surface area (Å²) in [5.74, 6) is 0. The van der Waals surface area contributed by atoms with Crippen LogP contribution in [0.3, 0.4) is 0 Å². The molecule has 1 saturated heterocycles. The maximum atomic E-state index is 12.7. The number of rotatable bonds is 3. The lowest BCUT2D eigenvalue weighted by molar-refractivity contribution is 0.0397. The second-order valence-electron chi connectivity index (χ2n) is 6.25. The molecule has 1 atom stereocenters. The molecule has 0 aliphatic carbocycles. The maximum Gasteiger partial charge on any atom is 0.292 e. The molecule has 0 bridgehead atoms. The zero-order chi connectivity index (χ0) is 18.8. The van der Waals surface area contributed by atoms with E-state index in [9.17, 15) is 4.79 Å². The van der Waals surface area contributed by atoms with Crippen LogP contribution in [-0.4, -0.2) is 29.5 Å². The van der Waals surface area contributed by atoms with Crippen molar-refractivity contribution in [1.82, 2.24) is 9.78 Å². The fourth-order valence-electron chi connectivity index (χ4n) is 3.14. The van der Waals surface area contributed by atoms with Crippen molar-refractivity contribution in [3.05, 3.63) is 86.2 Å². The highest BCUT2D eigenvalue weighted by Gasteiger charge is 2.25. The second-order valence-corrected chi connectivity index (χ2v) is 7.55. The SMILES string of the molecule is O=c1c(Cl)c(N2CCOC(c3ccc(Br)cc3)C2)cnn1-c1ccccc1. The fraction of sp³-hybridized carbons (Fsp3) is 0.200. The molecular weight excluding hydrogens is 430 g/mol. The quantitative estimate of drug-likeness (QED) is 0.604. The van der Waals surface area contributed by atoms with E-state index in [4.69, 9.17) is 16.3 Å². The van der Waals surface area contributed by atoms with Gasteiger partial charge in [-0.3, -0.25) is 4.79 Å². The Balaban J connectivity index is 1.62. The summed E-state index contributed by atoms with van der Waals surface area (Å²) in [4.78, 5) is 14.8. The van der Waals surface area contributed by atoms with E-state index in [2.05, 4.69) is 25.9 Å². The van der Waals surface area contributed by atoms with Gasteiger partial charge in [-0.1, -0.05) is 57.9 Å². The van der Waals surface area contributed by atoms with Gasteiger partial charge in [0.2, 0.25) is 0 Å². The number of halogens is 2. The first-order valence-corrected chi connectivity index (χ1v) is 9.76. The lowest BCUT2D eigenvalue weighted by atomic mass is 10.1. The number of para-hydroxylation sites is 1. The Kier molecular flexibility index (Phi) is 5.29. The van der Waals surface area contributed by atoms with E-state index in [1.807, 2.05) is 54.6 Å². The molecule has 2 heterocycles. The van der Waals surface area contributed by atoms with E-state index in [0.29, 0.717) is 31.1 Å². The van der Waals surface area contributed by atoms with Crippen LogP contribution in [0.1, 0.15) is 11.7 Å². The van der Waals surface area contributed by atoms with Gasteiger partial charge in [-0.2, -0.15) is 9.78 Å². The summed E-state index contributed by atoms with van der Waals surface area (Å²) >= 11 is 9.88. The minimum absolute atomic E-state index is 0.0838. The Morgan fingerprint density at radius 3 is 2.59 bits per heavy atom. The van der Waals surface area contributed by atoms with Crippen LogP contribution in [0.4, 0.5) is 5.69 Å². The fourth-order valence-corrected chi connectivity index (χ4v) is 3.66. The zero-order valence-corrected chi connectivity index (χ0v) is 16.7. The van der Waals surface area contributed by atoms with Crippen LogP contribution < -0.4 is 10.5 Å². The van der Waals surface area contributed by atoms with Crippen LogP contribution in [0.2, 0.25) is 5.02 Å². The number of ether oxygens (including phenoxy) is 1. The zero-order valence-electron chi connectivity index (χ0n) is 14.4. The summed E-state index contributed by atoms with van der Waals surface area (Å²) in [5, 5.41) is 4.50. The molecule has 1 aliphatic rings. The predicted molar refractivity (Wildman–Crippen MR) is 110 cm³/mol. The standard InChI is InChI=1S/C20H17BrClN3O2/c21-15-8-6-14(7-9-15)18-13-24(10-11-27-18)17-12-23-25(20(26)19(17)22)16-4-2-1-3-5-16/h1-9,12,18H,10-11,13H2. The molecule has 4 rings (SSSR count). The van der Waals surface area contributed by atoms with E-state index in [1.54, 1.807) is 6.20 Å². The highest BCUT2D eigenvalue weighted by molar-refractivity contribution is 9.10. The Labute approximate surface area is 170 Å². The number of morpholine rings is 1. The largest absolute Gasteiger partial charge is 0.370 e. The van der Waals surface area contributed by atoms with Crippen LogP contribution in [0.15, 0.2) is 70.1 Å². The first-order valence-electron chi connectivity index (χ1n) is 8.59. The third-order valence-corrected chi connectivity index (χ3v) is 5.43. The lowest BCUT2D eigenvalue weighted by Crippen LogP contribution is -2.39. The number of nitrogens with zero attached hydrogens (tertiary/aromatic N) is 3. The Morgan fingerprint density at radius 2 is 1.85 bits per heavy atom. The van der Waals surface area contributed by atoms with Gasteiger partial charge in [-0.25, -0.2) is 0 Å². The monoisotopic (exact) mass is 445 g/mol. The van der Waals surface area contributed by atoms with E-state index in [0.717, 1.165) is 10.0 Å². The van der Waals surface area contributed by atoms with Crippen LogP contribution in [0.5, 0.6) is 0 Å². The summed E-state index contributed by atoms with van der Waals surface area (Å²) in [7, 11) is 0. The average molecular weight is 447 g/mol. The third kappa shape index (κ3) is 3.78. The van der Waals surface area contributed by atoms with E-state index in [-0.39, 0.29) is 16.7 Å². The summed E-state index contributed by atoms with van der Waals surface area (Å²) in [5.41, 5.74) is 2.08. The van der Waals surface area contributed by atoms with Gasteiger partial charge in [0, 0.05) is 17.6 Å². The highest BCUT2D eigenvalue weighted by Crippen LogP contribution is 2.29. The molecule has 0 radical (unpaired) electrons. The smallest absolute Gasteiger partial charge is 0.292 e. The van der Waals surface area contributed by atoms with Gasteiger partial charge in [-0.15, -0.1) is 0 Å². The molecule has 1 aliphatic heterocycles. The van der Waals surface area contributed by atoms with E-state index >= 15 is 0 Å². The molecule has 2 aromatic carbocycles. The maximum absolute atomic E-state index is 12.7. The normalized spacial score (nSPS) is 17.1. The van der Waals surface area contributed by atoms with Crippen LogP contribution in [0, 0.1) is 0 Å². The molecule has 5 nitrogen and oxygen atoms in total. The molecule has 0 amide bonds. The Morgan fingerprint density at radius 1 is 1.11 bits per heavy atom. The van der Waals surface area contributed by atoms with Gasteiger partial charge in [-0.05, 0) is 29.8 Å². The molecule has 7 heteroatoms. The molecule has 27 heavy (non-hydrogen) atoms. The topological polar surface area (TPSA) is 47.4 Å². The number of benzene rings is 2. The molecule has 1 fully saturated rings. The van der Waals surface area contributed by atoms with Crippen molar-refractivity contribution in [2.24, 2.45) is 0 Å². The molecule has 0 spiro atoms. The molecular formula is C20H17BrClN3O2. The summed E-state index contributed by atoms with van der Waals surface area (Å²) in [6.45, 7) is 1.82. The van der Waals surface area contributed by atoms with Crippen molar-refractivity contribution >= 4 is 33.2 Å². The first kappa shape index (κ1) is 18.2. The van der Waals surface area contributed by atoms with E-state index in [1.165, 1.54) is 4.68 Å². The van der Waals surface area contributed by atoms with Crippen molar-refractivity contribution in [2.45, 2.75) is 6.10 Å². The third-order valence-electron chi connectivity index (χ3n) is 4.55. The van der Waals surface area contributed by atoms with Gasteiger partial charge in [0.25, 0.3) is 5.56 Å². The Bertz CT molecular complexity index is 992. The number of hydrogen-bond donors (Lipinski definition) is 0. The number of hydrogen-bond acceptors (Lipinski definition) is 4. The van der Waals surface area contributed by atoms with Crippen molar-refractivity contribution in [3.8, 4) is 5.69 Å².